The topological polar surface area (TPSA) is 105 Å². The fraction of sp³-hybridized carbons (Fsp3) is 0.423. The molecule has 0 heterocycles. The van der Waals surface area contributed by atoms with Gasteiger partial charge in [0.05, 0.1) is 5.92 Å². The van der Waals surface area contributed by atoms with Crippen LogP contribution in [0.4, 0.5) is 4.79 Å². The van der Waals surface area contributed by atoms with Crippen LogP contribution in [0.5, 0.6) is 0 Å². The van der Waals surface area contributed by atoms with E-state index in [2.05, 4.69) is 34.9 Å². The standard InChI is InChI=1S/C26H32N2O5/c1-4-17(25(30)31)14-27-24(29)13-23(16(2)3)28-26(32)33-15-22-20-11-7-5-9-18(20)19-10-6-8-12-21(19)22/h5-12,16-17,22-23H,4,13-15H2,1-3H3,(H,27,29)(H,28,32)(H,30,31). The first kappa shape index (κ1) is 24.3. The predicted octanol–water partition coefficient (Wildman–Crippen LogP) is 4.17. The van der Waals surface area contributed by atoms with Gasteiger partial charge in [-0.1, -0.05) is 69.3 Å². The molecule has 0 aromatic heterocycles. The van der Waals surface area contributed by atoms with Crippen LogP contribution in [0.3, 0.4) is 0 Å². The average molecular weight is 453 g/mol. The highest BCUT2D eigenvalue weighted by Crippen LogP contribution is 2.44. The van der Waals surface area contributed by atoms with Gasteiger partial charge in [-0.2, -0.15) is 0 Å². The van der Waals surface area contributed by atoms with Crippen molar-refractivity contribution in [1.82, 2.24) is 10.6 Å². The first-order valence-corrected chi connectivity index (χ1v) is 11.4. The van der Waals surface area contributed by atoms with Crippen molar-refractivity contribution in [3.05, 3.63) is 59.7 Å². The number of alkyl carbamates (subject to hydrolysis) is 1. The molecule has 0 fully saturated rings. The smallest absolute Gasteiger partial charge is 0.407 e. The molecule has 1 aliphatic rings. The maximum Gasteiger partial charge on any atom is 0.407 e. The molecule has 33 heavy (non-hydrogen) atoms. The summed E-state index contributed by atoms with van der Waals surface area (Å²) < 4.78 is 5.59. The average Bonchev–Trinajstić information content (AvgIpc) is 3.11. The van der Waals surface area contributed by atoms with Crippen LogP contribution >= 0.6 is 0 Å². The van der Waals surface area contributed by atoms with Crippen LogP contribution in [0.15, 0.2) is 48.5 Å². The first-order chi connectivity index (χ1) is 15.8. The fourth-order valence-corrected chi connectivity index (χ4v) is 4.16. The molecule has 2 aromatic carbocycles. The number of amides is 2. The van der Waals surface area contributed by atoms with Crippen LogP contribution in [0.1, 0.15) is 50.7 Å². The second-order valence-electron chi connectivity index (χ2n) is 8.77. The van der Waals surface area contributed by atoms with Crippen molar-refractivity contribution in [3.63, 3.8) is 0 Å². The summed E-state index contributed by atoms with van der Waals surface area (Å²) in [5, 5.41) is 14.6. The van der Waals surface area contributed by atoms with Gasteiger partial charge in [-0.25, -0.2) is 4.79 Å². The van der Waals surface area contributed by atoms with Gasteiger partial charge in [0.25, 0.3) is 0 Å². The maximum atomic E-state index is 12.6. The van der Waals surface area contributed by atoms with Gasteiger partial charge in [0.1, 0.15) is 6.61 Å². The molecule has 7 heteroatoms. The predicted molar refractivity (Wildman–Crippen MR) is 126 cm³/mol. The lowest BCUT2D eigenvalue weighted by Crippen LogP contribution is -2.43. The molecule has 2 aromatic rings. The Morgan fingerprint density at radius 2 is 1.58 bits per heavy atom. The normalized spacial score (nSPS) is 14.2. The van der Waals surface area contributed by atoms with Crippen molar-refractivity contribution in [2.75, 3.05) is 13.2 Å². The van der Waals surface area contributed by atoms with Crippen molar-refractivity contribution in [2.24, 2.45) is 11.8 Å². The summed E-state index contributed by atoms with van der Waals surface area (Å²) in [5.74, 6) is -1.90. The lowest BCUT2D eigenvalue weighted by Gasteiger charge is -2.23. The highest BCUT2D eigenvalue weighted by molar-refractivity contribution is 5.80. The third-order valence-corrected chi connectivity index (χ3v) is 6.24. The maximum absolute atomic E-state index is 12.6. The van der Waals surface area contributed by atoms with Crippen LogP contribution in [0.2, 0.25) is 0 Å². The van der Waals surface area contributed by atoms with E-state index >= 15 is 0 Å². The van der Waals surface area contributed by atoms with Crippen molar-refractivity contribution in [3.8, 4) is 11.1 Å². The lowest BCUT2D eigenvalue weighted by atomic mass is 9.98. The zero-order valence-corrected chi connectivity index (χ0v) is 19.3. The van der Waals surface area contributed by atoms with Gasteiger partial charge in [-0.15, -0.1) is 0 Å². The van der Waals surface area contributed by atoms with Crippen LogP contribution < -0.4 is 10.6 Å². The van der Waals surface area contributed by atoms with Gasteiger partial charge < -0.3 is 20.5 Å². The Bertz CT molecular complexity index is 958. The summed E-state index contributed by atoms with van der Waals surface area (Å²) in [6.07, 6.45) is -0.0839. The van der Waals surface area contributed by atoms with Crippen LogP contribution in [0.25, 0.3) is 11.1 Å². The minimum atomic E-state index is -0.935. The number of rotatable bonds is 10. The number of hydrogen-bond acceptors (Lipinski definition) is 4. The molecule has 2 atom stereocenters. The van der Waals surface area contributed by atoms with Gasteiger partial charge in [0, 0.05) is 24.9 Å². The number of aliphatic carboxylic acids is 1. The van der Waals surface area contributed by atoms with Crippen molar-refractivity contribution < 1.29 is 24.2 Å². The van der Waals surface area contributed by atoms with E-state index in [-0.39, 0.29) is 37.3 Å². The van der Waals surface area contributed by atoms with Gasteiger partial charge in [-0.05, 0) is 34.6 Å². The second-order valence-corrected chi connectivity index (χ2v) is 8.77. The third-order valence-electron chi connectivity index (χ3n) is 6.24. The van der Waals surface area contributed by atoms with E-state index in [1.165, 1.54) is 0 Å². The summed E-state index contributed by atoms with van der Waals surface area (Å²) in [6.45, 7) is 5.86. The molecular weight excluding hydrogens is 420 g/mol. The molecule has 0 spiro atoms. The molecular formula is C26H32N2O5. The van der Waals surface area contributed by atoms with Gasteiger partial charge in [0.2, 0.25) is 5.91 Å². The van der Waals surface area contributed by atoms with Gasteiger partial charge in [-0.3, -0.25) is 9.59 Å². The van der Waals surface area contributed by atoms with E-state index in [9.17, 15) is 14.4 Å². The molecule has 0 saturated heterocycles. The molecule has 3 N–H and O–H groups in total. The minimum absolute atomic E-state index is 0.00215. The molecule has 1 aliphatic carbocycles. The van der Waals surface area contributed by atoms with Crippen LogP contribution in [-0.2, 0) is 14.3 Å². The Hall–Kier alpha value is -3.35. The Labute approximate surface area is 194 Å². The molecule has 0 bridgehead atoms. The van der Waals surface area contributed by atoms with E-state index in [1.54, 1.807) is 6.92 Å². The second kappa shape index (κ2) is 11.0. The van der Waals surface area contributed by atoms with E-state index in [0.29, 0.717) is 6.42 Å². The summed E-state index contributed by atoms with van der Waals surface area (Å²) >= 11 is 0. The van der Waals surface area contributed by atoms with Crippen molar-refractivity contribution >= 4 is 18.0 Å². The van der Waals surface area contributed by atoms with Gasteiger partial charge in [0.15, 0.2) is 0 Å². The quantitative estimate of drug-likeness (QED) is 0.502. The number of benzene rings is 2. The number of carboxylic acids is 1. The van der Waals surface area contributed by atoms with E-state index in [1.807, 2.05) is 38.1 Å². The Kier molecular flexibility index (Phi) is 8.09. The number of carbonyl (C=O) groups excluding carboxylic acids is 2. The van der Waals surface area contributed by atoms with Crippen molar-refractivity contribution in [1.29, 1.82) is 0 Å². The largest absolute Gasteiger partial charge is 0.481 e. The monoisotopic (exact) mass is 452 g/mol. The number of carboxylic acid groups (broad SMARTS) is 1. The van der Waals surface area contributed by atoms with E-state index < -0.39 is 24.0 Å². The molecule has 3 rings (SSSR count). The zero-order valence-electron chi connectivity index (χ0n) is 19.3. The first-order valence-electron chi connectivity index (χ1n) is 11.4. The van der Waals surface area contributed by atoms with Crippen LogP contribution in [0, 0.1) is 11.8 Å². The third kappa shape index (κ3) is 5.92. The zero-order chi connectivity index (χ0) is 24.0. The lowest BCUT2D eigenvalue weighted by molar-refractivity contribution is -0.141. The number of ether oxygens (including phenoxy) is 1. The Morgan fingerprint density at radius 1 is 1.00 bits per heavy atom. The molecule has 0 saturated carbocycles. The molecule has 7 nitrogen and oxygen atoms in total. The van der Waals surface area contributed by atoms with Crippen molar-refractivity contribution in [2.45, 2.75) is 45.6 Å². The highest BCUT2D eigenvalue weighted by atomic mass is 16.5. The van der Waals surface area contributed by atoms with Crippen LogP contribution in [-0.4, -0.2) is 42.3 Å². The van der Waals surface area contributed by atoms with E-state index in [4.69, 9.17) is 9.84 Å². The minimum Gasteiger partial charge on any atom is -0.481 e. The number of nitrogens with one attached hydrogen (secondary N) is 2. The summed E-state index contributed by atoms with van der Waals surface area (Å²) in [5.41, 5.74) is 4.58. The highest BCUT2D eigenvalue weighted by Gasteiger charge is 2.29. The Morgan fingerprint density at radius 3 is 2.09 bits per heavy atom. The SMILES string of the molecule is CCC(CNC(=O)CC(NC(=O)OCC1c2ccccc2-c2ccccc21)C(C)C)C(=O)O. The number of hydrogen-bond donors (Lipinski definition) is 3. The molecule has 2 amide bonds. The molecule has 176 valence electrons. The molecule has 0 aliphatic heterocycles. The number of fused-ring (bicyclic) bond motifs is 3. The summed E-state index contributed by atoms with van der Waals surface area (Å²) in [4.78, 5) is 36.0. The molecule has 2 unspecified atom stereocenters. The summed E-state index contributed by atoms with van der Waals surface area (Å²) in [7, 11) is 0. The molecule has 0 radical (unpaired) electrons. The van der Waals surface area contributed by atoms with E-state index in [0.717, 1.165) is 22.3 Å². The fourth-order valence-electron chi connectivity index (χ4n) is 4.16. The summed E-state index contributed by atoms with van der Waals surface area (Å²) in [6, 6.07) is 15.8. The number of carbonyl (C=O) groups is 3. The van der Waals surface area contributed by atoms with Gasteiger partial charge >= 0.3 is 12.1 Å². The Balaban J connectivity index is 1.56.